The molecular formula is C17H18N2. The fraction of sp³-hybridized carbons (Fsp3) is 0.235. The van der Waals surface area contributed by atoms with Crippen LogP contribution in [-0.4, -0.2) is 0 Å². The molecule has 0 amide bonds. The maximum Gasteiger partial charge on any atom is 0.140 e. The van der Waals surface area contributed by atoms with E-state index in [0.717, 1.165) is 17.7 Å². The van der Waals surface area contributed by atoms with Crippen LogP contribution in [0.4, 0.5) is 5.69 Å². The van der Waals surface area contributed by atoms with Gasteiger partial charge in [0, 0.05) is 5.69 Å². The van der Waals surface area contributed by atoms with Crippen molar-refractivity contribution in [2.45, 2.75) is 26.3 Å². The molecule has 19 heavy (non-hydrogen) atoms. The SMILES string of the molecule is CCc1ccc(NC(C#N)c2ccc(C)cc2)cc1. The molecule has 0 aromatic heterocycles. The van der Waals surface area contributed by atoms with Gasteiger partial charge in [0.1, 0.15) is 6.04 Å². The van der Waals surface area contributed by atoms with Crippen LogP contribution in [0.5, 0.6) is 0 Å². The third kappa shape index (κ3) is 3.35. The van der Waals surface area contributed by atoms with Crippen LogP contribution in [0.25, 0.3) is 0 Å². The van der Waals surface area contributed by atoms with Crippen molar-refractivity contribution in [2.75, 3.05) is 5.32 Å². The molecule has 0 aliphatic heterocycles. The summed E-state index contributed by atoms with van der Waals surface area (Å²) < 4.78 is 0. The molecule has 1 N–H and O–H groups in total. The molecule has 0 radical (unpaired) electrons. The summed E-state index contributed by atoms with van der Waals surface area (Å²) in [5.74, 6) is 0. The summed E-state index contributed by atoms with van der Waals surface area (Å²) in [7, 11) is 0. The third-order valence-electron chi connectivity index (χ3n) is 3.21. The molecule has 0 spiro atoms. The van der Waals surface area contributed by atoms with Crippen molar-refractivity contribution in [2.24, 2.45) is 0 Å². The Hall–Kier alpha value is -2.27. The molecule has 1 atom stereocenters. The number of anilines is 1. The van der Waals surface area contributed by atoms with E-state index in [1.807, 2.05) is 43.3 Å². The molecule has 0 saturated carbocycles. The van der Waals surface area contributed by atoms with Gasteiger partial charge >= 0.3 is 0 Å². The summed E-state index contributed by atoms with van der Waals surface area (Å²) >= 11 is 0. The molecule has 2 heteroatoms. The molecule has 0 aliphatic carbocycles. The van der Waals surface area contributed by atoms with Gasteiger partial charge in [0.2, 0.25) is 0 Å². The average Bonchev–Trinajstić information content (AvgIpc) is 2.46. The number of rotatable bonds is 4. The highest BCUT2D eigenvalue weighted by Gasteiger charge is 2.09. The topological polar surface area (TPSA) is 35.8 Å². The van der Waals surface area contributed by atoms with Crippen LogP contribution in [0.3, 0.4) is 0 Å². The summed E-state index contributed by atoms with van der Waals surface area (Å²) in [6, 6.07) is 18.3. The second-order valence-corrected chi connectivity index (χ2v) is 4.67. The Kier molecular flexibility index (Phi) is 4.20. The Morgan fingerprint density at radius 3 is 2.21 bits per heavy atom. The van der Waals surface area contributed by atoms with Crippen LogP contribution in [0.2, 0.25) is 0 Å². The van der Waals surface area contributed by atoms with Crippen LogP contribution in [-0.2, 0) is 6.42 Å². The third-order valence-corrected chi connectivity index (χ3v) is 3.21. The zero-order chi connectivity index (χ0) is 13.7. The zero-order valence-corrected chi connectivity index (χ0v) is 11.4. The molecule has 2 aromatic rings. The lowest BCUT2D eigenvalue weighted by atomic mass is 10.1. The van der Waals surface area contributed by atoms with E-state index in [-0.39, 0.29) is 6.04 Å². The Morgan fingerprint density at radius 1 is 1.05 bits per heavy atom. The predicted octanol–water partition coefficient (Wildman–Crippen LogP) is 4.23. The molecule has 2 rings (SSSR count). The lowest BCUT2D eigenvalue weighted by Crippen LogP contribution is -2.08. The Morgan fingerprint density at radius 2 is 1.68 bits per heavy atom. The maximum atomic E-state index is 9.30. The first kappa shape index (κ1) is 13.2. The number of hydrogen-bond donors (Lipinski definition) is 1. The minimum atomic E-state index is -0.312. The van der Waals surface area contributed by atoms with Crippen molar-refractivity contribution in [3.63, 3.8) is 0 Å². The number of nitriles is 1. The van der Waals surface area contributed by atoms with Crippen molar-refractivity contribution >= 4 is 5.69 Å². The minimum Gasteiger partial charge on any atom is -0.366 e. The van der Waals surface area contributed by atoms with Crippen LogP contribution < -0.4 is 5.32 Å². The van der Waals surface area contributed by atoms with Crippen LogP contribution in [0.1, 0.15) is 29.7 Å². The molecule has 1 unspecified atom stereocenters. The number of aryl methyl sites for hydroxylation is 2. The first-order valence-corrected chi connectivity index (χ1v) is 6.54. The van der Waals surface area contributed by atoms with E-state index in [1.165, 1.54) is 11.1 Å². The second kappa shape index (κ2) is 6.06. The van der Waals surface area contributed by atoms with Gasteiger partial charge in [-0.15, -0.1) is 0 Å². The summed E-state index contributed by atoms with van der Waals surface area (Å²) in [6.45, 7) is 4.18. The molecule has 96 valence electrons. The van der Waals surface area contributed by atoms with Crippen molar-refractivity contribution in [1.29, 1.82) is 5.26 Å². The highest BCUT2D eigenvalue weighted by Crippen LogP contribution is 2.20. The van der Waals surface area contributed by atoms with Gasteiger partial charge in [-0.1, -0.05) is 48.9 Å². The highest BCUT2D eigenvalue weighted by molar-refractivity contribution is 5.48. The molecule has 0 heterocycles. The zero-order valence-electron chi connectivity index (χ0n) is 11.4. The summed E-state index contributed by atoms with van der Waals surface area (Å²) in [5.41, 5.74) is 4.47. The van der Waals surface area contributed by atoms with E-state index in [4.69, 9.17) is 0 Å². The van der Waals surface area contributed by atoms with E-state index >= 15 is 0 Å². The van der Waals surface area contributed by atoms with E-state index in [9.17, 15) is 5.26 Å². The van der Waals surface area contributed by atoms with E-state index in [0.29, 0.717) is 0 Å². The standard InChI is InChI=1S/C17H18N2/c1-3-14-6-10-16(11-7-14)19-17(12-18)15-8-4-13(2)5-9-15/h4-11,17,19H,3H2,1-2H3. The van der Waals surface area contributed by atoms with Crippen molar-refractivity contribution in [1.82, 2.24) is 0 Å². The van der Waals surface area contributed by atoms with Gasteiger partial charge in [-0.2, -0.15) is 5.26 Å². The van der Waals surface area contributed by atoms with Gasteiger partial charge in [0.15, 0.2) is 0 Å². The molecule has 2 aromatic carbocycles. The van der Waals surface area contributed by atoms with Crippen molar-refractivity contribution in [3.8, 4) is 6.07 Å². The Labute approximate surface area is 114 Å². The molecule has 2 nitrogen and oxygen atoms in total. The molecular weight excluding hydrogens is 232 g/mol. The lowest BCUT2D eigenvalue weighted by Gasteiger charge is -2.14. The number of hydrogen-bond acceptors (Lipinski definition) is 2. The Bertz CT molecular complexity index is 562. The molecule has 0 fully saturated rings. The summed E-state index contributed by atoms with van der Waals surface area (Å²) in [4.78, 5) is 0. The lowest BCUT2D eigenvalue weighted by molar-refractivity contribution is 0.995. The quantitative estimate of drug-likeness (QED) is 0.881. The molecule has 0 aliphatic rings. The molecule has 0 saturated heterocycles. The van der Waals surface area contributed by atoms with Crippen LogP contribution >= 0.6 is 0 Å². The van der Waals surface area contributed by atoms with E-state index in [1.54, 1.807) is 0 Å². The fourth-order valence-corrected chi connectivity index (χ4v) is 1.95. The van der Waals surface area contributed by atoms with Gasteiger partial charge in [-0.25, -0.2) is 0 Å². The molecule has 0 bridgehead atoms. The Balaban J connectivity index is 2.14. The minimum absolute atomic E-state index is 0.312. The largest absolute Gasteiger partial charge is 0.366 e. The van der Waals surface area contributed by atoms with Crippen LogP contribution in [0, 0.1) is 18.3 Å². The number of nitrogens with one attached hydrogen (secondary N) is 1. The van der Waals surface area contributed by atoms with Gasteiger partial charge < -0.3 is 5.32 Å². The van der Waals surface area contributed by atoms with E-state index in [2.05, 4.69) is 30.4 Å². The van der Waals surface area contributed by atoms with Gasteiger partial charge in [-0.3, -0.25) is 0 Å². The fourth-order valence-electron chi connectivity index (χ4n) is 1.95. The second-order valence-electron chi connectivity index (χ2n) is 4.67. The van der Waals surface area contributed by atoms with Crippen LogP contribution in [0.15, 0.2) is 48.5 Å². The van der Waals surface area contributed by atoms with Crippen molar-refractivity contribution in [3.05, 3.63) is 65.2 Å². The van der Waals surface area contributed by atoms with Gasteiger partial charge in [0.25, 0.3) is 0 Å². The predicted molar refractivity (Wildman–Crippen MR) is 79.0 cm³/mol. The average molecular weight is 250 g/mol. The monoisotopic (exact) mass is 250 g/mol. The van der Waals surface area contributed by atoms with Crippen molar-refractivity contribution < 1.29 is 0 Å². The first-order chi connectivity index (χ1) is 9.22. The summed E-state index contributed by atoms with van der Waals surface area (Å²) in [5, 5.41) is 12.6. The maximum absolute atomic E-state index is 9.30. The van der Waals surface area contributed by atoms with Gasteiger partial charge in [-0.05, 0) is 36.6 Å². The number of nitrogens with zero attached hydrogens (tertiary/aromatic N) is 1. The highest BCUT2D eigenvalue weighted by atomic mass is 14.9. The smallest absolute Gasteiger partial charge is 0.140 e. The normalized spacial score (nSPS) is 11.6. The number of benzene rings is 2. The van der Waals surface area contributed by atoms with E-state index < -0.39 is 0 Å². The summed E-state index contributed by atoms with van der Waals surface area (Å²) in [6.07, 6.45) is 1.03. The first-order valence-electron chi connectivity index (χ1n) is 6.54. The van der Waals surface area contributed by atoms with Gasteiger partial charge in [0.05, 0.1) is 6.07 Å².